The summed E-state index contributed by atoms with van der Waals surface area (Å²) in [6, 6.07) is 16.7. The van der Waals surface area contributed by atoms with Crippen molar-refractivity contribution in [2.24, 2.45) is 0 Å². The van der Waals surface area contributed by atoms with Crippen LogP contribution in [0.5, 0.6) is 0 Å². The topological polar surface area (TPSA) is 134 Å². The Labute approximate surface area is 210 Å². The number of nitrogen functional groups attached to an aromatic ring is 1. The number of anilines is 1. The zero-order chi connectivity index (χ0) is 24.6. The predicted molar refractivity (Wildman–Crippen MR) is 136 cm³/mol. The van der Waals surface area contributed by atoms with Gasteiger partial charge in [0.1, 0.15) is 13.0 Å². The van der Waals surface area contributed by atoms with Gasteiger partial charge in [0, 0.05) is 16.6 Å². The number of nitrogens with zero attached hydrogens (tertiary/aromatic N) is 3. The number of imidazole rings is 1. The maximum absolute atomic E-state index is 12.5. The summed E-state index contributed by atoms with van der Waals surface area (Å²) < 4.78 is 20.2. The smallest absolute Gasteiger partial charge is 0.280 e. The maximum Gasteiger partial charge on any atom is 0.280 e. The highest BCUT2D eigenvalue weighted by Crippen LogP contribution is 2.39. The molecule has 0 aliphatic carbocycles. The lowest BCUT2D eigenvalue weighted by Gasteiger charge is -2.18. The summed E-state index contributed by atoms with van der Waals surface area (Å²) >= 11 is 3.45. The van der Waals surface area contributed by atoms with Crippen molar-refractivity contribution in [1.82, 2.24) is 19.5 Å². The van der Waals surface area contributed by atoms with Gasteiger partial charge in [-0.2, -0.15) is 4.98 Å². The summed E-state index contributed by atoms with van der Waals surface area (Å²) in [6.07, 6.45) is 1.67. The van der Waals surface area contributed by atoms with Gasteiger partial charge in [-0.1, -0.05) is 58.4 Å². The molecule has 0 amide bonds. The molecule has 10 nitrogen and oxygen atoms in total. The van der Waals surface area contributed by atoms with E-state index in [0.717, 1.165) is 10.0 Å². The molecule has 0 aliphatic rings. The zero-order valence-corrected chi connectivity index (χ0v) is 21.1. The molecule has 0 spiro atoms. The molecule has 1 unspecified atom stereocenters. The van der Waals surface area contributed by atoms with Gasteiger partial charge in [-0.15, -0.1) is 0 Å². The van der Waals surface area contributed by atoms with Gasteiger partial charge in [-0.25, -0.2) is 4.98 Å². The zero-order valence-electron chi connectivity index (χ0n) is 18.6. The Hall–Kier alpha value is -2.95. The van der Waals surface area contributed by atoms with E-state index in [-0.39, 0.29) is 36.8 Å². The minimum Gasteiger partial charge on any atom is -0.370 e. The molecule has 0 aliphatic heterocycles. The van der Waals surface area contributed by atoms with Gasteiger partial charge in [-0.05, 0) is 17.7 Å². The number of rotatable bonds is 12. The lowest BCUT2D eigenvalue weighted by atomic mass is 10.1. The summed E-state index contributed by atoms with van der Waals surface area (Å²) in [6.45, 7) is 0.876. The van der Waals surface area contributed by atoms with Crippen molar-refractivity contribution in [3.8, 4) is 0 Å². The fraction of sp³-hybridized carbons (Fsp3) is 0.217. The lowest BCUT2D eigenvalue weighted by Crippen LogP contribution is -2.13. The van der Waals surface area contributed by atoms with Crippen LogP contribution in [0.1, 0.15) is 15.9 Å². The number of nitrogens with one attached hydrogen (secondary N) is 1. The maximum atomic E-state index is 12.5. The van der Waals surface area contributed by atoms with E-state index in [9.17, 15) is 9.59 Å². The molecule has 3 N–H and O–H groups in total. The van der Waals surface area contributed by atoms with Crippen LogP contribution in [0.2, 0.25) is 0 Å². The van der Waals surface area contributed by atoms with E-state index in [1.807, 2.05) is 30.3 Å². The first-order chi connectivity index (χ1) is 17.0. The van der Waals surface area contributed by atoms with Gasteiger partial charge >= 0.3 is 0 Å². The normalized spacial score (nSPS) is 12.1. The molecule has 4 aromatic rings. The van der Waals surface area contributed by atoms with E-state index in [1.54, 1.807) is 28.8 Å². The summed E-state index contributed by atoms with van der Waals surface area (Å²) in [7, 11) is -1.50. The molecule has 0 fully saturated rings. The van der Waals surface area contributed by atoms with E-state index in [1.165, 1.54) is 6.33 Å². The van der Waals surface area contributed by atoms with Crippen LogP contribution < -0.4 is 11.3 Å². The number of carbonyl (C=O) groups is 1. The third-order valence-electron chi connectivity index (χ3n) is 4.87. The molecular weight excluding hydrogens is 537 g/mol. The summed E-state index contributed by atoms with van der Waals surface area (Å²) in [4.78, 5) is 35.0. The van der Waals surface area contributed by atoms with Gasteiger partial charge in [0.05, 0.1) is 19.5 Å². The van der Waals surface area contributed by atoms with Crippen LogP contribution in [0.15, 0.2) is 70.2 Å². The van der Waals surface area contributed by atoms with Crippen molar-refractivity contribution in [1.29, 1.82) is 0 Å². The first-order valence-electron chi connectivity index (χ1n) is 10.6. The number of hydrogen-bond acceptors (Lipinski definition) is 8. The monoisotopic (exact) mass is 559 g/mol. The SMILES string of the molecule is Nc1nc2c(ncn2CCOCP(OCC(=O)c2ccccc2)OCc2cccc(Br)c2)c(=O)[nH]1. The molecule has 12 heteroatoms. The Morgan fingerprint density at radius 2 is 1.97 bits per heavy atom. The molecule has 182 valence electrons. The third-order valence-corrected chi connectivity index (χ3v) is 6.59. The number of nitrogens with two attached hydrogens (primary N) is 1. The van der Waals surface area contributed by atoms with Crippen molar-refractivity contribution >= 4 is 47.2 Å². The minimum atomic E-state index is -1.50. The Bertz CT molecular complexity index is 1350. The van der Waals surface area contributed by atoms with E-state index < -0.39 is 13.9 Å². The molecule has 4 rings (SSSR count). The second-order valence-electron chi connectivity index (χ2n) is 7.40. The van der Waals surface area contributed by atoms with Crippen LogP contribution in [0.4, 0.5) is 5.95 Å². The molecule has 0 radical (unpaired) electrons. The number of carbonyl (C=O) groups excluding carboxylic acids is 1. The lowest BCUT2D eigenvalue weighted by molar-refractivity contribution is 0.0896. The molecule has 0 saturated carbocycles. The standard InChI is InChI=1S/C23H23BrN5O5P/c24-18-8-4-5-16(11-18)12-33-35(34-13-19(30)17-6-2-1-3-7-17)15-32-10-9-29-14-26-20-21(29)27-23(25)28-22(20)31/h1-8,11,14H,9-10,12-13,15H2,(H3,25,27,28,31). The van der Waals surface area contributed by atoms with Gasteiger partial charge in [0.2, 0.25) is 5.95 Å². The average Bonchev–Trinajstić information content (AvgIpc) is 3.26. The van der Waals surface area contributed by atoms with Crippen LogP contribution in [-0.4, -0.2) is 44.9 Å². The number of Topliss-reactive ketones (excluding diaryl/α,β-unsaturated/α-hetero) is 1. The molecule has 35 heavy (non-hydrogen) atoms. The van der Waals surface area contributed by atoms with Crippen LogP contribution >= 0.6 is 24.3 Å². The minimum absolute atomic E-state index is 0.0196. The Kier molecular flexibility index (Phi) is 8.73. The number of H-pyrrole nitrogens is 1. The van der Waals surface area contributed by atoms with Crippen molar-refractivity contribution in [2.45, 2.75) is 13.2 Å². The number of aromatic nitrogens is 4. The molecule has 0 bridgehead atoms. The Morgan fingerprint density at radius 3 is 2.77 bits per heavy atom. The van der Waals surface area contributed by atoms with Crippen LogP contribution in [0.3, 0.4) is 0 Å². The largest absolute Gasteiger partial charge is 0.370 e. The van der Waals surface area contributed by atoms with Gasteiger partial charge in [0.15, 0.2) is 25.3 Å². The molecule has 2 heterocycles. The fourth-order valence-electron chi connectivity index (χ4n) is 3.16. The Balaban J connectivity index is 1.34. The van der Waals surface area contributed by atoms with E-state index in [2.05, 4.69) is 30.9 Å². The van der Waals surface area contributed by atoms with Gasteiger partial charge < -0.3 is 24.1 Å². The molecule has 1 atom stereocenters. The van der Waals surface area contributed by atoms with E-state index in [4.69, 9.17) is 19.5 Å². The first kappa shape index (κ1) is 25.2. The first-order valence-corrected chi connectivity index (χ1v) is 12.8. The number of halogens is 1. The predicted octanol–water partition coefficient (Wildman–Crippen LogP) is 3.87. The number of benzene rings is 2. The highest BCUT2D eigenvalue weighted by Gasteiger charge is 2.16. The Morgan fingerprint density at radius 1 is 1.14 bits per heavy atom. The highest BCUT2D eigenvalue weighted by molar-refractivity contribution is 9.10. The fourth-order valence-corrected chi connectivity index (χ4v) is 4.66. The van der Waals surface area contributed by atoms with Crippen LogP contribution in [-0.2, 0) is 26.9 Å². The molecule has 2 aromatic carbocycles. The second kappa shape index (κ2) is 12.1. The average molecular weight is 560 g/mol. The summed E-state index contributed by atoms with van der Waals surface area (Å²) in [5.74, 6) is -0.117. The number of fused-ring (bicyclic) bond motifs is 1. The van der Waals surface area contributed by atoms with Crippen molar-refractivity contribution in [2.75, 3.05) is 25.3 Å². The van der Waals surface area contributed by atoms with Crippen LogP contribution in [0, 0.1) is 0 Å². The van der Waals surface area contributed by atoms with Gasteiger partial charge in [0.25, 0.3) is 5.56 Å². The molecular formula is C23H23BrN5O5P. The summed E-state index contributed by atoms with van der Waals surface area (Å²) in [5.41, 5.74) is 7.37. The number of hydrogen-bond donors (Lipinski definition) is 2. The number of ketones is 1. The quantitative estimate of drug-likeness (QED) is 0.152. The van der Waals surface area contributed by atoms with Gasteiger partial charge in [-0.3, -0.25) is 14.6 Å². The van der Waals surface area contributed by atoms with Crippen molar-refractivity contribution in [3.05, 3.63) is 86.9 Å². The molecule has 2 aromatic heterocycles. The van der Waals surface area contributed by atoms with Crippen molar-refractivity contribution in [3.63, 3.8) is 0 Å². The van der Waals surface area contributed by atoms with Crippen molar-refractivity contribution < 1.29 is 18.6 Å². The van der Waals surface area contributed by atoms with Crippen LogP contribution in [0.25, 0.3) is 11.2 Å². The number of aromatic amines is 1. The highest BCUT2D eigenvalue weighted by atomic mass is 79.9. The summed E-state index contributed by atoms with van der Waals surface area (Å²) in [5, 5.41) is 0. The molecule has 0 saturated heterocycles. The number of ether oxygens (including phenoxy) is 1. The third kappa shape index (κ3) is 7.03. The second-order valence-corrected chi connectivity index (χ2v) is 9.75. The van der Waals surface area contributed by atoms with E-state index in [0.29, 0.717) is 24.4 Å². The van der Waals surface area contributed by atoms with E-state index >= 15 is 0 Å².